The Morgan fingerprint density at radius 1 is 1.00 bits per heavy atom. The SMILES string of the molecule is CCCCCCCCOCCS(=O)(=O)O.[Na+]. The molecule has 0 spiro atoms. The number of ether oxygens (including phenoxy) is 1. The number of hydrogen-bond donors (Lipinski definition) is 1. The minimum Gasteiger partial charge on any atom is -0.380 e. The zero-order chi connectivity index (χ0) is 11.6. The topological polar surface area (TPSA) is 63.6 Å². The quantitative estimate of drug-likeness (QED) is 0.319. The van der Waals surface area contributed by atoms with E-state index < -0.39 is 10.1 Å². The summed E-state index contributed by atoms with van der Waals surface area (Å²) in [5.74, 6) is -0.303. The van der Waals surface area contributed by atoms with Crippen LogP contribution >= 0.6 is 0 Å². The second-order valence-electron chi connectivity index (χ2n) is 3.67. The van der Waals surface area contributed by atoms with Gasteiger partial charge in [-0.25, -0.2) is 0 Å². The maximum absolute atomic E-state index is 10.3. The van der Waals surface area contributed by atoms with Crippen LogP contribution in [0.15, 0.2) is 0 Å². The third kappa shape index (κ3) is 17.3. The summed E-state index contributed by atoms with van der Waals surface area (Å²) in [6, 6.07) is 0. The second kappa shape index (κ2) is 12.3. The van der Waals surface area contributed by atoms with E-state index in [4.69, 9.17) is 9.29 Å². The van der Waals surface area contributed by atoms with Crippen LogP contribution in [0.1, 0.15) is 45.4 Å². The Labute approximate surface area is 121 Å². The van der Waals surface area contributed by atoms with Gasteiger partial charge in [-0.1, -0.05) is 39.0 Å². The first kappa shape index (κ1) is 19.2. The van der Waals surface area contributed by atoms with E-state index in [0.29, 0.717) is 6.61 Å². The molecule has 0 aliphatic carbocycles. The van der Waals surface area contributed by atoms with E-state index in [1.54, 1.807) is 0 Å². The minimum atomic E-state index is -3.85. The monoisotopic (exact) mass is 261 g/mol. The molecular weight excluding hydrogens is 239 g/mol. The summed E-state index contributed by atoms with van der Waals surface area (Å²) >= 11 is 0. The summed E-state index contributed by atoms with van der Waals surface area (Å²) < 4.78 is 34.1. The van der Waals surface area contributed by atoms with Gasteiger partial charge in [0.05, 0.1) is 12.4 Å². The van der Waals surface area contributed by atoms with Gasteiger partial charge in [0.15, 0.2) is 0 Å². The van der Waals surface area contributed by atoms with Gasteiger partial charge in [0.1, 0.15) is 0 Å². The second-order valence-corrected chi connectivity index (χ2v) is 5.24. The van der Waals surface area contributed by atoms with Gasteiger partial charge in [0.2, 0.25) is 0 Å². The van der Waals surface area contributed by atoms with Crippen LogP contribution in [0.4, 0.5) is 0 Å². The van der Waals surface area contributed by atoms with Gasteiger partial charge in [-0.2, -0.15) is 8.42 Å². The Balaban J connectivity index is 0. The smallest absolute Gasteiger partial charge is 0.380 e. The van der Waals surface area contributed by atoms with Crippen LogP contribution in [0.5, 0.6) is 0 Å². The fourth-order valence-corrected chi connectivity index (χ4v) is 1.58. The van der Waals surface area contributed by atoms with Crippen LogP contribution in [0.2, 0.25) is 0 Å². The van der Waals surface area contributed by atoms with Crippen molar-refractivity contribution in [3.63, 3.8) is 0 Å². The first-order valence-corrected chi connectivity index (χ1v) is 7.20. The molecule has 6 heteroatoms. The van der Waals surface area contributed by atoms with E-state index in [2.05, 4.69) is 6.92 Å². The van der Waals surface area contributed by atoms with E-state index in [1.807, 2.05) is 0 Å². The van der Waals surface area contributed by atoms with Crippen LogP contribution in [0.3, 0.4) is 0 Å². The number of rotatable bonds is 10. The molecule has 92 valence electrons. The fourth-order valence-electron chi connectivity index (χ4n) is 1.25. The van der Waals surface area contributed by atoms with Gasteiger partial charge in [-0.15, -0.1) is 0 Å². The van der Waals surface area contributed by atoms with Gasteiger partial charge in [-0.05, 0) is 6.42 Å². The summed E-state index contributed by atoms with van der Waals surface area (Å²) in [5, 5.41) is 0. The summed E-state index contributed by atoms with van der Waals surface area (Å²) in [4.78, 5) is 0. The van der Waals surface area contributed by atoms with Gasteiger partial charge in [0.25, 0.3) is 10.1 Å². The standard InChI is InChI=1S/C10H22O4S.Na/c1-2-3-4-5-6-7-8-14-9-10-15(11,12)13;/h2-10H2,1H3,(H,11,12,13);/q;+1. The molecule has 0 saturated heterocycles. The first-order valence-electron chi connectivity index (χ1n) is 5.59. The minimum absolute atomic E-state index is 0. The van der Waals surface area contributed by atoms with Crippen molar-refractivity contribution in [2.24, 2.45) is 0 Å². The van der Waals surface area contributed by atoms with Gasteiger partial charge < -0.3 is 4.74 Å². The molecule has 0 aromatic rings. The summed E-state index contributed by atoms with van der Waals surface area (Å²) in [5.41, 5.74) is 0. The van der Waals surface area contributed by atoms with Crippen molar-refractivity contribution in [1.29, 1.82) is 0 Å². The summed E-state index contributed by atoms with van der Waals surface area (Å²) in [7, 11) is -3.85. The maximum atomic E-state index is 10.3. The molecule has 0 aliphatic heterocycles. The molecule has 0 aliphatic rings. The van der Waals surface area contributed by atoms with Gasteiger partial charge >= 0.3 is 29.6 Å². The van der Waals surface area contributed by atoms with Crippen LogP contribution in [-0.2, 0) is 14.9 Å². The molecule has 16 heavy (non-hydrogen) atoms. The van der Waals surface area contributed by atoms with E-state index in [1.165, 1.54) is 25.7 Å². The number of unbranched alkanes of at least 4 members (excludes halogenated alkanes) is 5. The van der Waals surface area contributed by atoms with Gasteiger partial charge in [-0.3, -0.25) is 4.55 Å². The van der Waals surface area contributed by atoms with Gasteiger partial charge in [0, 0.05) is 6.61 Å². The fraction of sp³-hybridized carbons (Fsp3) is 1.00. The van der Waals surface area contributed by atoms with Crippen molar-refractivity contribution in [3.05, 3.63) is 0 Å². The van der Waals surface area contributed by atoms with Crippen molar-refractivity contribution in [1.82, 2.24) is 0 Å². The largest absolute Gasteiger partial charge is 1.00 e. The molecule has 0 atom stereocenters. The van der Waals surface area contributed by atoms with E-state index in [9.17, 15) is 8.42 Å². The van der Waals surface area contributed by atoms with Crippen molar-refractivity contribution < 1.29 is 47.3 Å². The predicted molar refractivity (Wildman–Crippen MR) is 60.6 cm³/mol. The summed E-state index contributed by atoms with van der Waals surface area (Å²) in [6.07, 6.45) is 7.10. The van der Waals surface area contributed by atoms with E-state index in [-0.39, 0.29) is 41.9 Å². The third-order valence-corrected chi connectivity index (χ3v) is 2.81. The Hall–Kier alpha value is 0.870. The van der Waals surface area contributed by atoms with E-state index in [0.717, 1.165) is 12.8 Å². The average molecular weight is 261 g/mol. The Morgan fingerprint density at radius 2 is 1.56 bits per heavy atom. The summed E-state index contributed by atoms with van der Waals surface area (Å²) in [6.45, 7) is 2.86. The molecule has 0 saturated carbocycles. The molecule has 0 unspecified atom stereocenters. The molecule has 0 heterocycles. The predicted octanol–water partition coefficient (Wildman–Crippen LogP) is -0.745. The normalized spacial score (nSPS) is 11.1. The molecule has 4 nitrogen and oxygen atoms in total. The molecular formula is C10H22NaO4S+. The molecule has 0 rings (SSSR count). The van der Waals surface area contributed by atoms with Crippen LogP contribution in [0.25, 0.3) is 0 Å². The Bertz CT molecular complexity index is 229. The van der Waals surface area contributed by atoms with Crippen molar-refractivity contribution in [3.8, 4) is 0 Å². The molecule has 0 aromatic heterocycles. The molecule has 0 radical (unpaired) electrons. The first-order chi connectivity index (χ1) is 7.06. The van der Waals surface area contributed by atoms with Crippen LogP contribution < -0.4 is 29.6 Å². The van der Waals surface area contributed by atoms with Crippen molar-refractivity contribution in [2.75, 3.05) is 19.0 Å². The number of hydrogen-bond acceptors (Lipinski definition) is 3. The van der Waals surface area contributed by atoms with Crippen LogP contribution in [0, 0.1) is 0 Å². The van der Waals surface area contributed by atoms with Crippen molar-refractivity contribution in [2.45, 2.75) is 45.4 Å². The average Bonchev–Trinajstić information content (AvgIpc) is 2.14. The zero-order valence-corrected chi connectivity index (χ0v) is 13.3. The molecule has 0 amide bonds. The third-order valence-electron chi connectivity index (χ3n) is 2.13. The zero-order valence-electron chi connectivity index (χ0n) is 10.4. The van der Waals surface area contributed by atoms with Crippen molar-refractivity contribution >= 4 is 10.1 Å². The maximum Gasteiger partial charge on any atom is 1.00 e. The van der Waals surface area contributed by atoms with E-state index >= 15 is 0 Å². The molecule has 1 N–H and O–H groups in total. The van der Waals surface area contributed by atoms with Crippen LogP contribution in [-0.4, -0.2) is 31.9 Å². The molecule has 0 aromatic carbocycles. The Kier molecular flexibility index (Phi) is 14.8. The molecule has 0 fully saturated rings. The Morgan fingerprint density at radius 3 is 2.12 bits per heavy atom. The molecule has 0 bridgehead atoms.